The zero-order valence-electron chi connectivity index (χ0n) is 9.55. The van der Waals surface area contributed by atoms with Gasteiger partial charge in [0.25, 0.3) is 5.56 Å². The van der Waals surface area contributed by atoms with E-state index in [4.69, 9.17) is 0 Å². The maximum Gasteiger partial charge on any atom is 0.253 e. The van der Waals surface area contributed by atoms with Crippen LogP contribution in [0.5, 0.6) is 0 Å². The molecule has 0 spiro atoms. The summed E-state index contributed by atoms with van der Waals surface area (Å²) in [6, 6.07) is 0. The van der Waals surface area contributed by atoms with Crippen LogP contribution in [-0.2, 0) is 19.9 Å². The highest BCUT2D eigenvalue weighted by atomic mass is 16.1. The lowest BCUT2D eigenvalue weighted by Crippen LogP contribution is -2.21. The molecule has 0 aliphatic heterocycles. The molecule has 2 heteroatoms. The van der Waals surface area contributed by atoms with Gasteiger partial charge in [-0.1, -0.05) is 13.8 Å². The first-order valence-electron chi connectivity index (χ1n) is 5.38. The number of nitrogens with zero attached hydrogens (tertiary/aromatic N) is 1. The summed E-state index contributed by atoms with van der Waals surface area (Å²) in [4.78, 5) is 11.6. The molecular formula is C12H19NO. The van der Waals surface area contributed by atoms with Crippen molar-refractivity contribution in [2.75, 3.05) is 0 Å². The Labute approximate surface area is 85.6 Å². The lowest BCUT2D eigenvalue weighted by Gasteiger charge is -2.05. The van der Waals surface area contributed by atoms with Crippen molar-refractivity contribution in [2.24, 2.45) is 7.05 Å². The number of rotatable bonds is 0. The molecule has 1 heterocycles. The van der Waals surface area contributed by atoms with Gasteiger partial charge in [0.15, 0.2) is 0 Å². The second-order valence-electron chi connectivity index (χ2n) is 3.54. The fourth-order valence-electron chi connectivity index (χ4n) is 2.05. The van der Waals surface area contributed by atoms with E-state index in [0.717, 1.165) is 24.8 Å². The molecule has 0 aromatic carbocycles. The minimum absolute atomic E-state index is 0.202. The maximum atomic E-state index is 11.6. The quantitative estimate of drug-likeness (QED) is 0.619. The minimum atomic E-state index is 0.202. The molecule has 2 rings (SSSR count). The van der Waals surface area contributed by atoms with Gasteiger partial charge in [-0.25, -0.2) is 0 Å². The summed E-state index contributed by atoms with van der Waals surface area (Å²) in [5.74, 6) is 0. The molecule has 1 aliphatic carbocycles. The Bertz CT molecular complexity index is 377. The van der Waals surface area contributed by atoms with E-state index in [2.05, 4.69) is 6.92 Å². The zero-order valence-corrected chi connectivity index (χ0v) is 9.55. The third-order valence-electron chi connectivity index (χ3n) is 2.66. The van der Waals surface area contributed by atoms with Gasteiger partial charge in [-0.2, -0.15) is 0 Å². The lowest BCUT2D eigenvalue weighted by atomic mass is 10.1. The van der Waals surface area contributed by atoms with Crippen LogP contribution in [0.1, 0.15) is 37.0 Å². The van der Waals surface area contributed by atoms with Gasteiger partial charge in [0.2, 0.25) is 0 Å². The molecule has 1 aliphatic rings. The SMILES string of the molecule is CC.Cc1cn(C)c(=O)c2c1CCC2. The lowest BCUT2D eigenvalue weighted by molar-refractivity contribution is 0.828. The molecule has 78 valence electrons. The van der Waals surface area contributed by atoms with Crippen molar-refractivity contribution >= 4 is 0 Å². The average Bonchev–Trinajstić information content (AvgIpc) is 2.67. The predicted molar refractivity (Wildman–Crippen MR) is 59.8 cm³/mol. The molecule has 1 aromatic rings. The summed E-state index contributed by atoms with van der Waals surface area (Å²) in [5, 5.41) is 0. The van der Waals surface area contributed by atoms with Gasteiger partial charge in [-0.3, -0.25) is 4.79 Å². The van der Waals surface area contributed by atoms with Crippen LogP contribution >= 0.6 is 0 Å². The smallest absolute Gasteiger partial charge is 0.253 e. The molecule has 0 amide bonds. The number of hydrogen-bond acceptors (Lipinski definition) is 1. The number of aromatic nitrogens is 1. The normalized spacial score (nSPS) is 13.1. The van der Waals surface area contributed by atoms with Crippen LogP contribution < -0.4 is 5.56 Å². The highest BCUT2D eigenvalue weighted by Crippen LogP contribution is 2.21. The fourth-order valence-corrected chi connectivity index (χ4v) is 2.05. The van der Waals surface area contributed by atoms with Crippen LogP contribution in [0.4, 0.5) is 0 Å². The van der Waals surface area contributed by atoms with Crippen molar-refractivity contribution in [3.05, 3.63) is 33.2 Å². The first-order valence-corrected chi connectivity index (χ1v) is 5.38. The van der Waals surface area contributed by atoms with E-state index in [1.54, 1.807) is 4.57 Å². The molecule has 0 atom stereocenters. The van der Waals surface area contributed by atoms with E-state index < -0.39 is 0 Å². The molecule has 0 N–H and O–H groups in total. The molecule has 14 heavy (non-hydrogen) atoms. The fraction of sp³-hybridized carbons (Fsp3) is 0.583. The van der Waals surface area contributed by atoms with Crippen LogP contribution in [0.15, 0.2) is 11.0 Å². The standard InChI is InChI=1S/C10H13NO.C2H6/c1-7-6-11(2)10(12)9-5-3-4-8(7)9;1-2/h6H,3-5H2,1-2H3;1-2H3. The third-order valence-corrected chi connectivity index (χ3v) is 2.66. The molecule has 2 nitrogen and oxygen atoms in total. The first kappa shape index (κ1) is 11.0. The Morgan fingerprint density at radius 1 is 1.21 bits per heavy atom. The molecule has 0 saturated carbocycles. The Kier molecular flexibility index (Phi) is 3.50. The van der Waals surface area contributed by atoms with Gasteiger partial charge < -0.3 is 4.57 Å². The Morgan fingerprint density at radius 2 is 1.79 bits per heavy atom. The van der Waals surface area contributed by atoms with Gasteiger partial charge in [-0.15, -0.1) is 0 Å². The van der Waals surface area contributed by atoms with E-state index in [1.165, 1.54) is 11.1 Å². The summed E-state index contributed by atoms with van der Waals surface area (Å²) in [6.07, 6.45) is 5.16. The van der Waals surface area contributed by atoms with Crippen LogP contribution in [0, 0.1) is 6.92 Å². The number of fused-ring (bicyclic) bond motifs is 1. The van der Waals surface area contributed by atoms with Crippen LogP contribution in [-0.4, -0.2) is 4.57 Å². The largest absolute Gasteiger partial charge is 0.318 e. The molecule has 0 unspecified atom stereocenters. The van der Waals surface area contributed by atoms with E-state index in [0.29, 0.717) is 0 Å². The summed E-state index contributed by atoms with van der Waals surface area (Å²) < 4.78 is 1.69. The second-order valence-corrected chi connectivity index (χ2v) is 3.54. The molecule has 0 bridgehead atoms. The van der Waals surface area contributed by atoms with Gasteiger partial charge >= 0.3 is 0 Å². The second kappa shape index (κ2) is 4.45. The molecule has 0 fully saturated rings. The monoisotopic (exact) mass is 193 g/mol. The van der Waals surface area contributed by atoms with Crippen LogP contribution in [0.3, 0.4) is 0 Å². The zero-order chi connectivity index (χ0) is 10.7. The molecule has 0 saturated heterocycles. The molecular weight excluding hydrogens is 174 g/mol. The Morgan fingerprint density at radius 3 is 2.43 bits per heavy atom. The average molecular weight is 193 g/mol. The number of hydrogen-bond donors (Lipinski definition) is 0. The first-order chi connectivity index (χ1) is 6.70. The van der Waals surface area contributed by atoms with Crippen molar-refractivity contribution < 1.29 is 0 Å². The van der Waals surface area contributed by atoms with E-state index >= 15 is 0 Å². The van der Waals surface area contributed by atoms with Crippen LogP contribution in [0.2, 0.25) is 0 Å². The van der Waals surface area contributed by atoms with Gasteiger partial charge in [0.05, 0.1) is 0 Å². The van der Waals surface area contributed by atoms with Crippen molar-refractivity contribution in [1.29, 1.82) is 0 Å². The van der Waals surface area contributed by atoms with Gasteiger partial charge in [0, 0.05) is 18.8 Å². The van der Waals surface area contributed by atoms with Crippen molar-refractivity contribution in [3.8, 4) is 0 Å². The van der Waals surface area contributed by atoms with E-state index in [9.17, 15) is 4.79 Å². The summed E-state index contributed by atoms with van der Waals surface area (Å²) in [5.41, 5.74) is 3.83. The van der Waals surface area contributed by atoms with E-state index in [-0.39, 0.29) is 5.56 Å². The number of aryl methyl sites for hydroxylation is 2. The third kappa shape index (κ3) is 1.74. The molecule has 0 radical (unpaired) electrons. The topological polar surface area (TPSA) is 22.0 Å². The predicted octanol–water partition coefficient (Wildman–Crippen LogP) is 2.21. The summed E-state index contributed by atoms with van der Waals surface area (Å²) in [6.45, 7) is 6.09. The highest BCUT2D eigenvalue weighted by Gasteiger charge is 2.16. The van der Waals surface area contributed by atoms with Crippen molar-refractivity contribution in [1.82, 2.24) is 4.57 Å². The summed E-state index contributed by atoms with van der Waals surface area (Å²) in [7, 11) is 1.83. The minimum Gasteiger partial charge on any atom is -0.318 e. The van der Waals surface area contributed by atoms with Crippen molar-refractivity contribution in [3.63, 3.8) is 0 Å². The summed E-state index contributed by atoms with van der Waals surface area (Å²) >= 11 is 0. The highest BCUT2D eigenvalue weighted by molar-refractivity contribution is 5.34. The van der Waals surface area contributed by atoms with E-state index in [1.807, 2.05) is 27.1 Å². The Hall–Kier alpha value is -1.05. The maximum absolute atomic E-state index is 11.6. The Balaban J connectivity index is 0.000000461. The number of pyridine rings is 1. The van der Waals surface area contributed by atoms with Gasteiger partial charge in [-0.05, 0) is 37.3 Å². The molecule has 1 aromatic heterocycles. The van der Waals surface area contributed by atoms with Gasteiger partial charge in [0.1, 0.15) is 0 Å². The van der Waals surface area contributed by atoms with Crippen LogP contribution in [0.25, 0.3) is 0 Å². The van der Waals surface area contributed by atoms with Crippen molar-refractivity contribution in [2.45, 2.75) is 40.0 Å².